The van der Waals surface area contributed by atoms with Gasteiger partial charge < -0.3 is 15.4 Å². The predicted molar refractivity (Wildman–Crippen MR) is 95.7 cm³/mol. The van der Waals surface area contributed by atoms with Crippen molar-refractivity contribution < 1.29 is 14.3 Å². The molecule has 0 aliphatic carbocycles. The number of benzene rings is 1. The Kier molecular flexibility index (Phi) is 7.24. The molecule has 1 aliphatic heterocycles. The van der Waals surface area contributed by atoms with Crippen LogP contribution in [-0.2, 0) is 20.9 Å². The van der Waals surface area contributed by atoms with Crippen molar-refractivity contribution in [2.75, 3.05) is 6.54 Å². The first-order chi connectivity index (χ1) is 10.8. The molecule has 0 spiro atoms. The second-order valence-electron chi connectivity index (χ2n) is 7.13. The van der Waals surface area contributed by atoms with Gasteiger partial charge in [0.2, 0.25) is 5.91 Å². The Morgan fingerprint density at radius 2 is 1.92 bits per heavy atom. The van der Waals surface area contributed by atoms with Crippen LogP contribution >= 0.6 is 12.4 Å². The molecule has 2 rings (SSSR count). The Morgan fingerprint density at radius 3 is 2.50 bits per heavy atom. The van der Waals surface area contributed by atoms with E-state index in [1.54, 1.807) is 4.90 Å². The van der Waals surface area contributed by atoms with E-state index < -0.39 is 12.1 Å². The minimum Gasteiger partial charge on any atom is -0.459 e. The Hall–Kier alpha value is -1.59. The lowest BCUT2D eigenvalue weighted by Gasteiger charge is -2.32. The number of halogens is 1. The average Bonchev–Trinajstić information content (AvgIpc) is 3.01. The Bertz CT molecular complexity index is 557. The highest BCUT2D eigenvalue weighted by Gasteiger charge is 2.40. The first-order valence-corrected chi connectivity index (χ1v) is 8.07. The van der Waals surface area contributed by atoms with Gasteiger partial charge in [-0.2, -0.15) is 0 Å². The van der Waals surface area contributed by atoms with E-state index >= 15 is 0 Å². The van der Waals surface area contributed by atoms with Gasteiger partial charge in [-0.3, -0.25) is 4.79 Å². The van der Waals surface area contributed by atoms with Crippen LogP contribution in [0.3, 0.4) is 0 Å². The van der Waals surface area contributed by atoms with Crippen LogP contribution in [0.4, 0.5) is 0 Å². The van der Waals surface area contributed by atoms with Crippen LogP contribution in [-0.4, -0.2) is 35.4 Å². The maximum Gasteiger partial charge on any atom is 0.329 e. The van der Waals surface area contributed by atoms with Crippen LogP contribution in [0.5, 0.6) is 0 Å². The van der Waals surface area contributed by atoms with Gasteiger partial charge in [0.15, 0.2) is 0 Å². The van der Waals surface area contributed by atoms with Crippen LogP contribution in [0.15, 0.2) is 30.3 Å². The van der Waals surface area contributed by atoms with Crippen molar-refractivity contribution in [2.45, 2.75) is 52.3 Å². The van der Waals surface area contributed by atoms with Crippen LogP contribution < -0.4 is 5.73 Å². The van der Waals surface area contributed by atoms with E-state index in [1.165, 1.54) is 0 Å². The van der Waals surface area contributed by atoms with Crippen molar-refractivity contribution in [2.24, 2.45) is 11.1 Å². The fraction of sp³-hybridized carbons (Fsp3) is 0.556. The molecule has 2 unspecified atom stereocenters. The topological polar surface area (TPSA) is 72.6 Å². The number of carbonyl (C=O) groups excluding carboxylic acids is 2. The maximum absolute atomic E-state index is 12.6. The summed E-state index contributed by atoms with van der Waals surface area (Å²) in [6.07, 6.45) is 1.43. The summed E-state index contributed by atoms with van der Waals surface area (Å²) in [6, 6.07) is 8.38. The fourth-order valence-electron chi connectivity index (χ4n) is 2.65. The Labute approximate surface area is 149 Å². The van der Waals surface area contributed by atoms with Gasteiger partial charge in [0.25, 0.3) is 0 Å². The minimum atomic E-state index is -0.620. The number of carbonyl (C=O) groups is 2. The summed E-state index contributed by atoms with van der Waals surface area (Å²) >= 11 is 0. The zero-order valence-corrected chi connectivity index (χ0v) is 15.3. The summed E-state index contributed by atoms with van der Waals surface area (Å²) in [7, 11) is 0. The van der Waals surface area contributed by atoms with E-state index in [0.29, 0.717) is 13.0 Å². The van der Waals surface area contributed by atoms with Crippen molar-refractivity contribution in [3.8, 4) is 0 Å². The molecule has 1 saturated heterocycles. The highest BCUT2D eigenvalue weighted by atomic mass is 35.5. The van der Waals surface area contributed by atoms with Gasteiger partial charge in [-0.25, -0.2) is 4.79 Å². The molecule has 6 heteroatoms. The molecule has 2 N–H and O–H groups in total. The van der Waals surface area contributed by atoms with Crippen LogP contribution in [0.1, 0.15) is 39.2 Å². The number of hydrogen-bond donors (Lipinski definition) is 1. The summed E-state index contributed by atoms with van der Waals surface area (Å²) in [5.41, 5.74) is 6.66. The molecule has 0 saturated carbocycles. The van der Waals surface area contributed by atoms with Crippen molar-refractivity contribution >= 4 is 24.3 Å². The van der Waals surface area contributed by atoms with Crippen LogP contribution in [0, 0.1) is 5.41 Å². The maximum atomic E-state index is 12.6. The molecule has 0 aromatic heterocycles. The summed E-state index contributed by atoms with van der Waals surface area (Å²) in [4.78, 5) is 26.5. The first kappa shape index (κ1) is 20.5. The Balaban J connectivity index is 0.00000288. The third-order valence-corrected chi connectivity index (χ3v) is 4.23. The lowest BCUT2D eigenvalue weighted by molar-refractivity contribution is -0.155. The molecule has 1 amide bonds. The SMILES string of the molecule is CC(C)(C)C(N)C(=O)N1CCCC1C(=O)OCc1ccccc1.Cl. The Morgan fingerprint density at radius 1 is 1.29 bits per heavy atom. The molecule has 1 aromatic carbocycles. The normalized spacial score (nSPS) is 18.7. The molecule has 2 atom stereocenters. The minimum absolute atomic E-state index is 0. The van der Waals surface area contributed by atoms with Gasteiger partial charge in [0.1, 0.15) is 12.6 Å². The smallest absolute Gasteiger partial charge is 0.329 e. The number of likely N-dealkylation sites (tertiary alicyclic amines) is 1. The third-order valence-electron chi connectivity index (χ3n) is 4.23. The quantitative estimate of drug-likeness (QED) is 0.843. The fourth-order valence-corrected chi connectivity index (χ4v) is 2.65. The molecule has 24 heavy (non-hydrogen) atoms. The van der Waals surface area contributed by atoms with Gasteiger partial charge >= 0.3 is 5.97 Å². The second kappa shape index (κ2) is 8.49. The molecule has 1 aromatic rings. The summed E-state index contributed by atoms with van der Waals surface area (Å²) < 4.78 is 5.38. The molecule has 0 bridgehead atoms. The van der Waals surface area contributed by atoms with E-state index in [1.807, 2.05) is 51.1 Å². The van der Waals surface area contributed by atoms with Crippen molar-refractivity contribution in [3.05, 3.63) is 35.9 Å². The van der Waals surface area contributed by atoms with Gasteiger partial charge in [-0.15, -0.1) is 12.4 Å². The number of esters is 1. The molecule has 134 valence electrons. The molecular formula is C18H27ClN2O3. The molecular weight excluding hydrogens is 328 g/mol. The molecule has 1 aliphatic rings. The number of amides is 1. The molecule has 1 heterocycles. The largest absolute Gasteiger partial charge is 0.459 e. The van der Waals surface area contributed by atoms with Gasteiger partial charge in [0.05, 0.1) is 6.04 Å². The highest BCUT2D eigenvalue weighted by molar-refractivity contribution is 5.88. The lowest BCUT2D eigenvalue weighted by atomic mass is 9.86. The van der Waals surface area contributed by atoms with E-state index in [9.17, 15) is 9.59 Å². The first-order valence-electron chi connectivity index (χ1n) is 8.07. The number of nitrogens with zero attached hydrogens (tertiary/aromatic N) is 1. The van der Waals surface area contributed by atoms with E-state index in [2.05, 4.69) is 0 Å². The van der Waals surface area contributed by atoms with E-state index in [0.717, 1.165) is 12.0 Å². The van der Waals surface area contributed by atoms with Crippen molar-refractivity contribution in [3.63, 3.8) is 0 Å². The van der Waals surface area contributed by atoms with Crippen molar-refractivity contribution in [1.82, 2.24) is 4.90 Å². The molecule has 5 nitrogen and oxygen atoms in total. The van der Waals surface area contributed by atoms with Crippen LogP contribution in [0.2, 0.25) is 0 Å². The van der Waals surface area contributed by atoms with Crippen molar-refractivity contribution in [1.29, 1.82) is 0 Å². The average molecular weight is 355 g/mol. The van der Waals surface area contributed by atoms with Gasteiger partial charge in [0, 0.05) is 6.54 Å². The number of rotatable bonds is 4. The van der Waals surface area contributed by atoms with E-state index in [4.69, 9.17) is 10.5 Å². The van der Waals surface area contributed by atoms with Crippen LogP contribution in [0.25, 0.3) is 0 Å². The van der Waals surface area contributed by atoms with Gasteiger partial charge in [-0.05, 0) is 23.8 Å². The second-order valence-corrected chi connectivity index (χ2v) is 7.13. The zero-order valence-electron chi connectivity index (χ0n) is 14.5. The predicted octanol–water partition coefficient (Wildman–Crippen LogP) is 2.52. The molecule has 0 radical (unpaired) electrons. The lowest BCUT2D eigenvalue weighted by Crippen LogP contribution is -2.53. The summed E-state index contributed by atoms with van der Waals surface area (Å²) in [6.45, 7) is 6.56. The monoisotopic (exact) mass is 354 g/mol. The third kappa shape index (κ3) is 4.95. The highest BCUT2D eigenvalue weighted by Crippen LogP contribution is 2.25. The van der Waals surface area contributed by atoms with Gasteiger partial charge in [-0.1, -0.05) is 51.1 Å². The summed E-state index contributed by atoms with van der Waals surface area (Å²) in [5, 5.41) is 0. The molecule has 1 fully saturated rings. The summed E-state index contributed by atoms with van der Waals surface area (Å²) in [5.74, 6) is -0.516. The number of hydrogen-bond acceptors (Lipinski definition) is 4. The standard InChI is InChI=1S/C18H26N2O3.ClH/c1-18(2,3)15(19)16(21)20-11-7-10-14(20)17(22)23-12-13-8-5-4-6-9-13;/h4-6,8-9,14-15H,7,10-12,19H2,1-3H3;1H. The number of nitrogens with two attached hydrogens (primary N) is 1. The van der Waals surface area contributed by atoms with E-state index in [-0.39, 0.29) is 36.3 Å². The zero-order chi connectivity index (χ0) is 17.0. The number of ether oxygens (including phenoxy) is 1.